The first-order chi connectivity index (χ1) is 8.12. The van der Waals surface area contributed by atoms with Gasteiger partial charge < -0.3 is 5.32 Å². The Hall–Kier alpha value is -0.830. The molecule has 0 aliphatic rings. The van der Waals surface area contributed by atoms with Gasteiger partial charge in [0.05, 0.1) is 5.69 Å². The predicted molar refractivity (Wildman–Crippen MR) is 73.3 cm³/mol. The van der Waals surface area contributed by atoms with Crippen LogP contribution in [0.15, 0.2) is 6.07 Å². The number of aromatic nitrogens is 2. The lowest BCUT2D eigenvalue weighted by atomic mass is 9.93. The zero-order chi connectivity index (χ0) is 12.8. The van der Waals surface area contributed by atoms with Crippen LogP contribution in [0.3, 0.4) is 0 Å². The van der Waals surface area contributed by atoms with E-state index >= 15 is 0 Å². The van der Waals surface area contributed by atoms with Crippen LogP contribution in [0.5, 0.6) is 0 Å². The standard InChI is InChI=1S/C14H27N3/c1-6-8-11(3)14(15-5)10-13-9-12(4)16-17(13)7-2/h9,11,14-15H,6-8,10H2,1-5H3. The number of nitrogens with zero attached hydrogens (tertiary/aromatic N) is 2. The van der Waals surface area contributed by atoms with E-state index in [9.17, 15) is 0 Å². The Balaban J connectivity index is 2.72. The van der Waals surface area contributed by atoms with Gasteiger partial charge in [0.1, 0.15) is 0 Å². The third kappa shape index (κ3) is 3.84. The van der Waals surface area contributed by atoms with E-state index in [0.717, 1.165) is 18.7 Å². The molecule has 0 radical (unpaired) electrons. The van der Waals surface area contributed by atoms with Crippen LogP contribution in [0.2, 0.25) is 0 Å². The number of aryl methyl sites for hydroxylation is 2. The van der Waals surface area contributed by atoms with E-state index in [4.69, 9.17) is 0 Å². The van der Waals surface area contributed by atoms with Crippen LogP contribution in [0.4, 0.5) is 0 Å². The maximum atomic E-state index is 4.51. The number of nitrogens with one attached hydrogen (secondary N) is 1. The number of likely N-dealkylation sites (N-methyl/N-ethyl adjacent to an activating group) is 1. The molecule has 1 aromatic rings. The summed E-state index contributed by atoms with van der Waals surface area (Å²) in [6.45, 7) is 9.77. The molecule has 0 fully saturated rings. The van der Waals surface area contributed by atoms with Crippen molar-refractivity contribution in [3.05, 3.63) is 17.5 Å². The van der Waals surface area contributed by atoms with Crippen molar-refractivity contribution in [2.75, 3.05) is 7.05 Å². The second kappa shape index (κ2) is 6.80. The minimum atomic E-state index is 0.552. The molecule has 0 spiro atoms. The summed E-state index contributed by atoms with van der Waals surface area (Å²) in [6, 6.07) is 2.77. The first kappa shape index (κ1) is 14.2. The summed E-state index contributed by atoms with van der Waals surface area (Å²) >= 11 is 0. The van der Waals surface area contributed by atoms with Gasteiger partial charge in [-0.2, -0.15) is 5.10 Å². The molecule has 17 heavy (non-hydrogen) atoms. The van der Waals surface area contributed by atoms with Gasteiger partial charge >= 0.3 is 0 Å². The van der Waals surface area contributed by atoms with Crippen molar-refractivity contribution in [1.82, 2.24) is 15.1 Å². The van der Waals surface area contributed by atoms with Gasteiger partial charge in [0.15, 0.2) is 0 Å². The van der Waals surface area contributed by atoms with Crippen molar-refractivity contribution >= 4 is 0 Å². The summed E-state index contributed by atoms with van der Waals surface area (Å²) in [5, 5.41) is 7.97. The van der Waals surface area contributed by atoms with Crippen LogP contribution < -0.4 is 5.32 Å². The van der Waals surface area contributed by atoms with E-state index in [-0.39, 0.29) is 0 Å². The molecule has 1 N–H and O–H groups in total. The van der Waals surface area contributed by atoms with E-state index in [2.05, 4.69) is 55.9 Å². The second-order valence-electron chi connectivity index (χ2n) is 4.96. The average molecular weight is 237 g/mol. The molecule has 3 heteroatoms. The topological polar surface area (TPSA) is 29.9 Å². The Morgan fingerprint density at radius 2 is 2.12 bits per heavy atom. The first-order valence-electron chi connectivity index (χ1n) is 6.82. The molecular formula is C14H27N3. The molecule has 0 aromatic carbocycles. The molecule has 0 aliphatic heterocycles. The molecule has 0 amide bonds. The van der Waals surface area contributed by atoms with Crippen LogP contribution in [-0.4, -0.2) is 22.9 Å². The maximum Gasteiger partial charge on any atom is 0.0596 e. The second-order valence-corrected chi connectivity index (χ2v) is 4.96. The van der Waals surface area contributed by atoms with E-state index in [1.165, 1.54) is 18.5 Å². The zero-order valence-corrected chi connectivity index (χ0v) is 12.0. The van der Waals surface area contributed by atoms with Crippen molar-refractivity contribution in [1.29, 1.82) is 0 Å². The fourth-order valence-electron chi connectivity index (χ4n) is 2.51. The average Bonchev–Trinajstić information content (AvgIpc) is 2.66. The number of hydrogen-bond acceptors (Lipinski definition) is 2. The van der Waals surface area contributed by atoms with E-state index < -0.39 is 0 Å². The lowest BCUT2D eigenvalue weighted by Gasteiger charge is -2.23. The first-order valence-corrected chi connectivity index (χ1v) is 6.82. The van der Waals surface area contributed by atoms with Crippen molar-refractivity contribution in [2.45, 2.75) is 59.5 Å². The van der Waals surface area contributed by atoms with Crippen molar-refractivity contribution in [2.24, 2.45) is 5.92 Å². The van der Waals surface area contributed by atoms with E-state index in [1.54, 1.807) is 0 Å². The summed E-state index contributed by atoms with van der Waals surface area (Å²) in [4.78, 5) is 0. The fourth-order valence-corrected chi connectivity index (χ4v) is 2.51. The van der Waals surface area contributed by atoms with Gasteiger partial charge in [0.25, 0.3) is 0 Å². The Bertz CT molecular complexity index is 330. The molecule has 98 valence electrons. The Kier molecular flexibility index (Phi) is 5.69. The van der Waals surface area contributed by atoms with Crippen LogP contribution in [0, 0.1) is 12.8 Å². The van der Waals surface area contributed by atoms with Crippen molar-refractivity contribution in [3.8, 4) is 0 Å². The van der Waals surface area contributed by atoms with Crippen molar-refractivity contribution in [3.63, 3.8) is 0 Å². The number of rotatable bonds is 7. The van der Waals surface area contributed by atoms with Gasteiger partial charge in [-0.1, -0.05) is 20.3 Å². The highest BCUT2D eigenvalue weighted by molar-refractivity contribution is 5.10. The summed E-state index contributed by atoms with van der Waals surface area (Å²) in [7, 11) is 2.07. The molecule has 0 aliphatic carbocycles. The molecule has 0 bridgehead atoms. The summed E-state index contributed by atoms with van der Waals surface area (Å²) < 4.78 is 2.12. The largest absolute Gasteiger partial charge is 0.316 e. The molecule has 1 rings (SSSR count). The molecular weight excluding hydrogens is 210 g/mol. The third-order valence-corrected chi connectivity index (χ3v) is 3.52. The van der Waals surface area contributed by atoms with E-state index in [1.807, 2.05) is 0 Å². The minimum absolute atomic E-state index is 0.552. The SMILES string of the molecule is CCCC(C)C(Cc1cc(C)nn1CC)NC. The maximum absolute atomic E-state index is 4.51. The summed E-state index contributed by atoms with van der Waals surface area (Å²) in [6.07, 6.45) is 3.61. The molecule has 2 unspecified atom stereocenters. The summed E-state index contributed by atoms with van der Waals surface area (Å²) in [5.74, 6) is 0.713. The molecule has 0 saturated heterocycles. The van der Waals surface area contributed by atoms with Gasteiger partial charge in [0, 0.05) is 24.7 Å². The lowest BCUT2D eigenvalue weighted by Crippen LogP contribution is -2.34. The molecule has 0 saturated carbocycles. The highest BCUT2D eigenvalue weighted by Crippen LogP contribution is 2.16. The van der Waals surface area contributed by atoms with Gasteiger partial charge in [-0.3, -0.25) is 4.68 Å². The summed E-state index contributed by atoms with van der Waals surface area (Å²) in [5.41, 5.74) is 2.48. The van der Waals surface area contributed by atoms with Gasteiger partial charge in [-0.15, -0.1) is 0 Å². The highest BCUT2D eigenvalue weighted by atomic mass is 15.3. The fraction of sp³-hybridized carbons (Fsp3) is 0.786. The molecule has 1 aromatic heterocycles. The quantitative estimate of drug-likeness (QED) is 0.790. The van der Waals surface area contributed by atoms with Crippen molar-refractivity contribution < 1.29 is 0 Å². The smallest absolute Gasteiger partial charge is 0.0596 e. The predicted octanol–water partition coefficient (Wildman–Crippen LogP) is 2.78. The zero-order valence-electron chi connectivity index (χ0n) is 12.0. The number of hydrogen-bond donors (Lipinski definition) is 1. The lowest BCUT2D eigenvalue weighted by molar-refractivity contribution is 0.364. The molecule has 3 nitrogen and oxygen atoms in total. The van der Waals surface area contributed by atoms with E-state index in [0.29, 0.717) is 12.0 Å². The normalized spacial score (nSPS) is 14.9. The highest BCUT2D eigenvalue weighted by Gasteiger charge is 2.17. The van der Waals surface area contributed by atoms with Crippen LogP contribution in [-0.2, 0) is 13.0 Å². The van der Waals surface area contributed by atoms with Gasteiger partial charge in [-0.05, 0) is 39.3 Å². The molecule has 2 atom stereocenters. The van der Waals surface area contributed by atoms with Crippen LogP contribution in [0.25, 0.3) is 0 Å². The van der Waals surface area contributed by atoms with Gasteiger partial charge in [-0.25, -0.2) is 0 Å². The third-order valence-electron chi connectivity index (χ3n) is 3.52. The van der Waals surface area contributed by atoms with Crippen LogP contribution in [0.1, 0.15) is 45.0 Å². The Morgan fingerprint density at radius 1 is 1.41 bits per heavy atom. The Morgan fingerprint density at radius 3 is 2.65 bits per heavy atom. The Labute approximate surface area is 106 Å². The van der Waals surface area contributed by atoms with Crippen LogP contribution >= 0.6 is 0 Å². The molecule has 1 heterocycles. The van der Waals surface area contributed by atoms with Gasteiger partial charge in [0.2, 0.25) is 0 Å². The monoisotopic (exact) mass is 237 g/mol. The minimum Gasteiger partial charge on any atom is -0.316 e.